The molecular weight excluding hydrogens is 249 g/mol. The minimum atomic E-state index is -1.36. The summed E-state index contributed by atoms with van der Waals surface area (Å²) in [7, 11) is 0. The highest BCUT2D eigenvalue weighted by atomic mass is 19.2. The van der Waals surface area contributed by atoms with E-state index in [4.69, 9.17) is 0 Å². The lowest BCUT2D eigenvalue weighted by Gasteiger charge is -2.28. The van der Waals surface area contributed by atoms with Crippen molar-refractivity contribution >= 4 is 0 Å². The molecule has 0 saturated heterocycles. The first-order valence-corrected chi connectivity index (χ1v) is 7.26. The van der Waals surface area contributed by atoms with Gasteiger partial charge in [-0.15, -0.1) is 0 Å². The van der Waals surface area contributed by atoms with Gasteiger partial charge >= 0.3 is 0 Å². The van der Waals surface area contributed by atoms with Gasteiger partial charge in [0.05, 0.1) is 0 Å². The second kappa shape index (κ2) is 6.44. The van der Waals surface area contributed by atoms with Crippen LogP contribution in [0.15, 0.2) is 12.1 Å². The zero-order valence-electron chi connectivity index (χ0n) is 11.4. The third-order valence-electron chi connectivity index (χ3n) is 4.29. The second-order valence-electron chi connectivity index (χ2n) is 5.66. The van der Waals surface area contributed by atoms with Gasteiger partial charge < -0.3 is 0 Å². The van der Waals surface area contributed by atoms with E-state index in [-0.39, 0.29) is 5.92 Å². The van der Waals surface area contributed by atoms with Gasteiger partial charge in [-0.05, 0) is 55.2 Å². The van der Waals surface area contributed by atoms with Crippen LogP contribution in [0.2, 0.25) is 0 Å². The Morgan fingerprint density at radius 2 is 1.58 bits per heavy atom. The Hall–Kier alpha value is -0.990. The maximum atomic E-state index is 13.2. The molecule has 0 amide bonds. The molecule has 1 aliphatic rings. The van der Waals surface area contributed by atoms with Crippen LogP contribution >= 0.6 is 0 Å². The molecule has 0 N–H and O–H groups in total. The molecule has 0 aliphatic heterocycles. The van der Waals surface area contributed by atoms with Crippen molar-refractivity contribution in [2.75, 3.05) is 0 Å². The summed E-state index contributed by atoms with van der Waals surface area (Å²) < 4.78 is 39.4. The minimum absolute atomic E-state index is 0.183. The van der Waals surface area contributed by atoms with Crippen LogP contribution < -0.4 is 0 Å². The van der Waals surface area contributed by atoms with Gasteiger partial charge in [-0.25, -0.2) is 13.2 Å². The molecule has 1 aromatic carbocycles. The summed E-state index contributed by atoms with van der Waals surface area (Å²) >= 11 is 0. The number of rotatable bonds is 4. The molecule has 0 spiro atoms. The predicted octanol–water partition coefficient (Wildman–Crippen LogP) is 5.57. The Bertz CT molecular complexity index is 397. The zero-order valence-corrected chi connectivity index (χ0v) is 11.4. The molecule has 0 aromatic heterocycles. The molecule has 0 nitrogen and oxygen atoms in total. The van der Waals surface area contributed by atoms with Crippen LogP contribution in [0.25, 0.3) is 0 Å². The molecule has 1 aromatic rings. The van der Waals surface area contributed by atoms with Crippen LogP contribution in [0, 0.1) is 23.4 Å². The summed E-state index contributed by atoms with van der Waals surface area (Å²) in [5.74, 6) is -2.56. The molecule has 0 bridgehead atoms. The molecule has 1 saturated carbocycles. The van der Waals surface area contributed by atoms with Crippen molar-refractivity contribution in [3.05, 3.63) is 35.1 Å². The number of hydrogen-bond donors (Lipinski definition) is 0. The maximum Gasteiger partial charge on any atom is 0.194 e. The number of hydrogen-bond acceptors (Lipinski definition) is 0. The van der Waals surface area contributed by atoms with Crippen LogP contribution in [0.5, 0.6) is 0 Å². The van der Waals surface area contributed by atoms with Crippen LogP contribution in [0.1, 0.15) is 63.4 Å². The van der Waals surface area contributed by atoms with E-state index in [0.717, 1.165) is 43.7 Å². The lowest BCUT2D eigenvalue weighted by atomic mass is 9.77. The highest BCUT2D eigenvalue weighted by molar-refractivity contribution is 5.23. The van der Waals surface area contributed by atoms with Gasteiger partial charge in [0.25, 0.3) is 0 Å². The van der Waals surface area contributed by atoms with Crippen LogP contribution in [-0.4, -0.2) is 0 Å². The van der Waals surface area contributed by atoms with Crippen molar-refractivity contribution in [3.8, 4) is 0 Å². The average Bonchev–Trinajstić information content (AvgIpc) is 2.42. The van der Waals surface area contributed by atoms with E-state index < -0.39 is 17.5 Å². The third-order valence-corrected chi connectivity index (χ3v) is 4.29. The Balaban J connectivity index is 1.98. The minimum Gasteiger partial charge on any atom is -0.204 e. The van der Waals surface area contributed by atoms with E-state index in [9.17, 15) is 13.2 Å². The van der Waals surface area contributed by atoms with Crippen molar-refractivity contribution < 1.29 is 13.2 Å². The fourth-order valence-electron chi connectivity index (χ4n) is 3.09. The topological polar surface area (TPSA) is 0 Å². The Morgan fingerprint density at radius 1 is 1.00 bits per heavy atom. The van der Waals surface area contributed by atoms with E-state index in [1.54, 1.807) is 0 Å². The quantitative estimate of drug-likeness (QED) is 0.627. The van der Waals surface area contributed by atoms with Crippen LogP contribution in [0.4, 0.5) is 13.2 Å². The summed E-state index contributed by atoms with van der Waals surface area (Å²) in [6, 6.07) is 2.32. The summed E-state index contributed by atoms with van der Waals surface area (Å²) in [5.41, 5.74) is 0.616. The third kappa shape index (κ3) is 3.52. The molecule has 3 heteroatoms. The van der Waals surface area contributed by atoms with Crippen molar-refractivity contribution in [1.29, 1.82) is 0 Å². The fourth-order valence-corrected chi connectivity index (χ4v) is 3.09. The lowest BCUT2D eigenvalue weighted by Crippen LogP contribution is -2.14. The highest BCUT2D eigenvalue weighted by Crippen LogP contribution is 2.38. The Kier molecular flexibility index (Phi) is 4.89. The number of halogens is 3. The summed E-state index contributed by atoms with van der Waals surface area (Å²) in [6.07, 6.45) is 7.88. The van der Waals surface area contributed by atoms with E-state index in [1.165, 1.54) is 19.3 Å². The van der Waals surface area contributed by atoms with E-state index in [2.05, 4.69) is 6.92 Å². The van der Waals surface area contributed by atoms with Crippen LogP contribution in [-0.2, 0) is 0 Å². The molecule has 0 atom stereocenters. The van der Waals surface area contributed by atoms with Gasteiger partial charge in [0, 0.05) is 0 Å². The lowest BCUT2D eigenvalue weighted by molar-refractivity contribution is 0.303. The molecular formula is C16H21F3. The SMILES string of the molecule is CCCC[C@H]1CC[C@H](c2cc(F)c(F)c(F)c2)CC1. The van der Waals surface area contributed by atoms with Gasteiger partial charge in [-0.2, -0.15) is 0 Å². The smallest absolute Gasteiger partial charge is 0.194 e. The van der Waals surface area contributed by atoms with Gasteiger partial charge in [0.15, 0.2) is 17.5 Å². The summed E-state index contributed by atoms with van der Waals surface area (Å²) in [6.45, 7) is 2.19. The summed E-state index contributed by atoms with van der Waals surface area (Å²) in [4.78, 5) is 0. The molecule has 2 rings (SSSR count). The average molecular weight is 270 g/mol. The normalized spacial score (nSPS) is 23.6. The van der Waals surface area contributed by atoms with Crippen molar-refractivity contribution in [2.45, 2.75) is 57.8 Å². The van der Waals surface area contributed by atoms with E-state index >= 15 is 0 Å². The van der Waals surface area contributed by atoms with E-state index in [0.29, 0.717) is 5.56 Å². The van der Waals surface area contributed by atoms with Crippen molar-refractivity contribution in [3.63, 3.8) is 0 Å². The number of unbranched alkanes of at least 4 members (excludes halogenated alkanes) is 1. The molecule has 0 unspecified atom stereocenters. The van der Waals surface area contributed by atoms with Gasteiger partial charge in [-0.1, -0.05) is 26.2 Å². The molecule has 0 heterocycles. The predicted molar refractivity (Wildman–Crippen MR) is 70.5 cm³/mol. The first kappa shape index (κ1) is 14.4. The monoisotopic (exact) mass is 270 g/mol. The van der Waals surface area contributed by atoms with Gasteiger partial charge in [0.1, 0.15) is 0 Å². The van der Waals surface area contributed by atoms with Gasteiger partial charge in [-0.3, -0.25) is 0 Å². The van der Waals surface area contributed by atoms with Crippen molar-refractivity contribution in [2.24, 2.45) is 5.92 Å². The molecule has 0 radical (unpaired) electrons. The molecule has 19 heavy (non-hydrogen) atoms. The zero-order chi connectivity index (χ0) is 13.8. The summed E-state index contributed by atoms with van der Waals surface area (Å²) in [5, 5.41) is 0. The molecule has 106 valence electrons. The van der Waals surface area contributed by atoms with Crippen LogP contribution in [0.3, 0.4) is 0 Å². The fraction of sp³-hybridized carbons (Fsp3) is 0.625. The van der Waals surface area contributed by atoms with E-state index in [1.807, 2.05) is 0 Å². The Labute approximate surface area is 113 Å². The highest BCUT2D eigenvalue weighted by Gasteiger charge is 2.23. The first-order valence-electron chi connectivity index (χ1n) is 7.26. The second-order valence-corrected chi connectivity index (χ2v) is 5.66. The maximum absolute atomic E-state index is 13.2. The Morgan fingerprint density at radius 3 is 2.11 bits per heavy atom. The number of benzene rings is 1. The standard InChI is InChI=1S/C16H21F3/c1-2-3-4-11-5-7-12(8-6-11)13-9-14(17)16(19)15(18)10-13/h9-12H,2-8H2,1H3/t11-,12-. The molecule has 1 aliphatic carbocycles. The first-order chi connectivity index (χ1) is 9.11. The van der Waals surface area contributed by atoms with Crippen molar-refractivity contribution in [1.82, 2.24) is 0 Å². The largest absolute Gasteiger partial charge is 0.204 e. The molecule has 1 fully saturated rings. The van der Waals surface area contributed by atoms with Gasteiger partial charge in [0.2, 0.25) is 0 Å².